The zero-order valence-corrected chi connectivity index (χ0v) is 57.7. The Kier molecular flexibility index (Phi) is 62.5. The molecule has 0 aromatic carbocycles. The van der Waals surface area contributed by atoms with Gasteiger partial charge in [-0.2, -0.15) is 0 Å². The zero-order valence-electron chi connectivity index (χ0n) is 56.9. The molecule has 1 amide bonds. The van der Waals surface area contributed by atoms with Crippen LogP contribution in [0.25, 0.3) is 0 Å². The smallest absolute Gasteiger partial charge is 0.456 e. The molecule has 3 unspecified atom stereocenters. The number of hydrogen-bond donors (Lipinski definition) is 2. The largest absolute Gasteiger partial charge is 0.472 e. The van der Waals surface area contributed by atoms with Crippen molar-refractivity contribution in [3.8, 4) is 0 Å². The van der Waals surface area contributed by atoms with Gasteiger partial charge in [0.2, 0.25) is 5.91 Å². The summed E-state index contributed by atoms with van der Waals surface area (Å²) in [6.07, 6.45) is 84.9. The predicted molar refractivity (Wildman–Crippen MR) is 369 cm³/mol. The van der Waals surface area contributed by atoms with Crippen molar-refractivity contribution in [2.24, 2.45) is 0 Å². The van der Waals surface area contributed by atoms with Gasteiger partial charge in [0.15, 0.2) is 0 Å². The van der Waals surface area contributed by atoms with Crippen LogP contribution in [0, 0.1) is 0 Å². The molecule has 496 valence electrons. The molecule has 2 N–H and O–H groups in total. The van der Waals surface area contributed by atoms with Crippen LogP contribution in [0.4, 0.5) is 0 Å². The van der Waals surface area contributed by atoms with Crippen molar-refractivity contribution < 1.29 is 37.3 Å². The minimum atomic E-state index is -4.46. The van der Waals surface area contributed by atoms with E-state index in [2.05, 4.69) is 86.8 Å². The van der Waals surface area contributed by atoms with Crippen LogP contribution in [0.5, 0.6) is 0 Å². The lowest BCUT2D eigenvalue weighted by atomic mass is 10.0. The summed E-state index contributed by atoms with van der Waals surface area (Å²) in [4.78, 5) is 37.9. The summed E-state index contributed by atoms with van der Waals surface area (Å²) in [7, 11) is 1.49. The van der Waals surface area contributed by atoms with E-state index in [0.717, 1.165) is 96.3 Å². The summed E-state index contributed by atoms with van der Waals surface area (Å²) in [6, 6.07) is -0.858. The van der Waals surface area contributed by atoms with E-state index in [1.165, 1.54) is 212 Å². The molecule has 0 aliphatic rings. The average molecular weight is 1210 g/mol. The van der Waals surface area contributed by atoms with Gasteiger partial charge in [0.25, 0.3) is 0 Å². The molecule has 0 aliphatic carbocycles. The number of nitrogens with one attached hydrogen (secondary N) is 1. The minimum absolute atomic E-state index is 0.0360. The number of nitrogens with zero attached hydrogens (tertiary/aromatic N) is 1. The van der Waals surface area contributed by atoms with Gasteiger partial charge in [-0.05, 0) is 102 Å². The molecule has 0 bridgehead atoms. The summed E-state index contributed by atoms with van der Waals surface area (Å²) in [5, 5.41) is 3.07. The molecule has 0 saturated heterocycles. The maximum absolute atomic E-state index is 13.6. The van der Waals surface area contributed by atoms with Gasteiger partial charge in [0, 0.05) is 12.8 Å². The number of likely N-dealkylation sites (N-methyl/N-ethyl adjacent to an activating group) is 1. The number of esters is 1. The summed E-state index contributed by atoms with van der Waals surface area (Å²) in [6.45, 7) is 7.00. The van der Waals surface area contributed by atoms with Crippen molar-refractivity contribution in [1.82, 2.24) is 5.32 Å². The number of ether oxygens (including phenoxy) is 1. The molecule has 9 nitrogen and oxygen atoms in total. The van der Waals surface area contributed by atoms with Crippen LogP contribution in [0.15, 0.2) is 72.9 Å². The van der Waals surface area contributed by atoms with Crippen LogP contribution in [0.1, 0.15) is 342 Å². The topological polar surface area (TPSA) is 111 Å². The molecule has 0 rings (SSSR count). The van der Waals surface area contributed by atoms with E-state index in [9.17, 15) is 19.0 Å². The van der Waals surface area contributed by atoms with Gasteiger partial charge < -0.3 is 19.4 Å². The number of quaternary nitrogens is 1. The van der Waals surface area contributed by atoms with Crippen molar-refractivity contribution in [2.45, 2.75) is 354 Å². The maximum Gasteiger partial charge on any atom is 0.472 e. The summed E-state index contributed by atoms with van der Waals surface area (Å²) < 4.78 is 30.8. The van der Waals surface area contributed by atoms with Crippen molar-refractivity contribution >= 4 is 19.7 Å². The third-order valence-electron chi connectivity index (χ3n) is 16.1. The van der Waals surface area contributed by atoms with Crippen molar-refractivity contribution in [2.75, 3.05) is 40.9 Å². The molecule has 0 radical (unpaired) electrons. The number of rotatable bonds is 66. The first-order valence-corrected chi connectivity index (χ1v) is 37.8. The summed E-state index contributed by atoms with van der Waals surface area (Å²) >= 11 is 0. The van der Waals surface area contributed by atoms with Gasteiger partial charge >= 0.3 is 13.8 Å². The Morgan fingerprint density at radius 2 is 0.718 bits per heavy atom. The third kappa shape index (κ3) is 65.7. The molecule has 0 spiro atoms. The van der Waals surface area contributed by atoms with Crippen molar-refractivity contribution in [3.63, 3.8) is 0 Å². The van der Waals surface area contributed by atoms with Crippen LogP contribution in [0.2, 0.25) is 0 Å². The first-order chi connectivity index (χ1) is 41.4. The van der Waals surface area contributed by atoms with Crippen LogP contribution >= 0.6 is 7.82 Å². The second kappa shape index (κ2) is 64.4. The van der Waals surface area contributed by atoms with E-state index >= 15 is 0 Å². The number of allylic oxidation sites excluding steroid dienone is 11. The van der Waals surface area contributed by atoms with Gasteiger partial charge in [-0.15, -0.1) is 0 Å². The lowest BCUT2D eigenvalue weighted by Gasteiger charge is -2.27. The highest BCUT2D eigenvalue weighted by Gasteiger charge is 2.30. The number of hydrogen-bond acceptors (Lipinski definition) is 6. The van der Waals surface area contributed by atoms with Gasteiger partial charge in [-0.1, -0.05) is 299 Å². The summed E-state index contributed by atoms with van der Waals surface area (Å²) in [5.74, 6) is -0.516. The van der Waals surface area contributed by atoms with E-state index in [1.807, 2.05) is 33.3 Å². The fraction of sp³-hybridized carbons (Fsp3) is 0.813. The highest BCUT2D eigenvalue weighted by atomic mass is 31.2. The Labute approximate surface area is 527 Å². The lowest BCUT2D eigenvalue weighted by Crippen LogP contribution is -2.47. The Morgan fingerprint density at radius 3 is 1.11 bits per heavy atom. The van der Waals surface area contributed by atoms with Gasteiger partial charge in [0.1, 0.15) is 19.3 Å². The van der Waals surface area contributed by atoms with Crippen LogP contribution in [-0.4, -0.2) is 74.3 Å². The molecule has 0 heterocycles. The quantitative estimate of drug-likeness (QED) is 0.0205. The summed E-state index contributed by atoms with van der Waals surface area (Å²) in [5.41, 5.74) is 0. The zero-order chi connectivity index (χ0) is 62.1. The van der Waals surface area contributed by atoms with Crippen LogP contribution < -0.4 is 5.32 Å². The number of unbranched alkanes of at least 4 members (excludes halogenated alkanes) is 40. The van der Waals surface area contributed by atoms with Gasteiger partial charge in [-0.25, -0.2) is 4.57 Å². The van der Waals surface area contributed by atoms with Crippen LogP contribution in [0.3, 0.4) is 0 Å². The Hall–Kier alpha value is -2.55. The minimum Gasteiger partial charge on any atom is -0.456 e. The number of carbonyl (C=O) groups is 2. The van der Waals surface area contributed by atoms with Gasteiger partial charge in [-0.3, -0.25) is 18.6 Å². The van der Waals surface area contributed by atoms with E-state index in [0.29, 0.717) is 17.4 Å². The standard InChI is InChI=1S/C75H139N2O7P/c1-7-10-13-16-19-22-25-27-29-31-33-35-36-37-38-39-40-42-43-45-47-49-52-55-58-61-64-67-74(78)76-72(71-83-85(80,81)82-70-69-77(4,5)6)73(66-63-60-57-54-51-24-21-18-15-12-9-3)84-75(79)68-65-62-59-56-53-50-48-46-44-41-34-32-30-28-26-23-20-17-14-11-8-2/h20,23,27-30,34,41,46,48,63,66,72-73H,7-19,21-22,24-26,31-33,35-40,42-45,47,49-62,64-65,67-71H2,1-6H3,(H-,76,78,80,81)/p+1/b23-20-,29-27+,30-28-,41-34-,48-46-,66-63-. The van der Waals surface area contributed by atoms with E-state index < -0.39 is 20.0 Å². The Morgan fingerprint density at radius 1 is 0.412 bits per heavy atom. The lowest BCUT2D eigenvalue weighted by molar-refractivity contribution is -0.870. The molecule has 0 aromatic heterocycles. The predicted octanol–water partition coefficient (Wildman–Crippen LogP) is 23.1. The van der Waals surface area contributed by atoms with Crippen molar-refractivity contribution in [3.05, 3.63) is 72.9 Å². The van der Waals surface area contributed by atoms with Gasteiger partial charge in [0.05, 0.1) is 33.8 Å². The Bertz CT molecular complexity index is 1680. The van der Waals surface area contributed by atoms with Crippen molar-refractivity contribution in [1.29, 1.82) is 0 Å². The molecule has 0 aliphatic heterocycles. The normalized spacial score (nSPS) is 13.9. The number of phosphoric acid groups is 1. The third-order valence-corrected chi connectivity index (χ3v) is 17.1. The second-order valence-corrected chi connectivity index (χ2v) is 27.2. The van der Waals surface area contributed by atoms with Crippen LogP contribution in [-0.2, 0) is 27.9 Å². The molecule has 0 aromatic rings. The average Bonchev–Trinajstić information content (AvgIpc) is 3.63. The fourth-order valence-corrected chi connectivity index (χ4v) is 11.2. The Balaban J connectivity index is 5.00. The maximum atomic E-state index is 13.6. The number of carbonyl (C=O) groups excluding carboxylic acids is 2. The fourth-order valence-electron chi connectivity index (χ4n) is 10.5. The molecule has 10 heteroatoms. The molecule has 3 atom stereocenters. The monoisotopic (exact) mass is 1210 g/mol. The first-order valence-electron chi connectivity index (χ1n) is 36.3. The van der Waals surface area contributed by atoms with E-state index in [4.69, 9.17) is 13.8 Å². The highest BCUT2D eigenvalue weighted by Crippen LogP contribution is 2.43. The molecular formula is C75H140N2O7P+. The highest BCUT2D eigenvalue weighted by molar-refractivity contribution is 7.47. The van der Waals surface area contributed by atoms with E-state index in [-0.39, 0.29) is 31.5 Å². The second-order valence-electron chi connectivity index (χ2n) is 25.8. The van der Waals surface area contributed by atoms with E-state index in [1.54, 1.807) is 0 Å². The molecule has 85 heavy (non-hydrogen) atoms. The molecular weight excluding hydrogens is 1070 g/mol. The number of amides is 1. The number of phosphoric ester groups is 1. The molecule has 0 saturated carbocycles. The first kappa shape index (κ1) is 82.5. The SMILES string of the molecule is CCCCC/C=C\C/C=C\C/C=C\C/C=C\CCCCCCCC(=O)OC(/C=C\CCCCCCCCCCC)C(COP(=O)(O)OCC[N+](C)(C)C)NC(=O)CCCCCCCCCCCCCCCCCCC/C=C/CCCCCCCC. The molecule has 0 fully saturated rings.